The molecule has 0 amide bonds. The smallest absolute Gasteiger partial charge is 0.416 e. The van der Waals surface area contributed by atoms with Crippen molar-refractivity contribution in [2.75, 3.05) is 20.8 Å². The van der Waals surface area contributed by atoms with Gasteiger partial charge in [-0.1, -0.05) is 15.9 Å². The lowest BCUT2D eigenvalue weighted by molar-refractivity contribution is -0.139. The van der Waals surface area contributed by atoms with E-state index in [0.717, 1.165) is 23.5 Å². The van der Waals surface area contributed by atoms with Crippen LogP contribution in [-0.2, 0) is 27.4 Å². The van der Waals surface area contributed by atoms with Gasteiger partial charge in [0.25, 0.3) is 0 Å². The lowest BCUT2D eigenvalue weighted by atomic mass is 9.87. The molecule has 7 nitrogen and oxygen atoms in total. The minimum atomic E-state index is -4.75. The van der Waals surface area contributed by atoms with Gasteiger partial charge in [0, 0.05) is 17.6 Å². The van der Waals surface area contributed by atoms with Gasteiger partial charge >= 0.3 is 12.1 Å². The van der Waals surface area contributed by atoms with Gasteiger partial charge in [0.1, 0.15) is 11.5 Å². The first-order valence-electron chi connectivity index (χ1n) is 9.76. The Kier molecular flexibility index (Phi) is 7.30. The minimum Gasteiger partial charge on any atom is -0.497 e. The largest absolute Gasteiger partial charge is 0.497 e. The average molecular weight is 552 g/mol. The summed E-state index contributed by atoms with van der Waals surface area (Å²) in [5.74, 6) is -1.07. The van der Waals surface area contributed by atoms with Gasteiger partial charge < -0.3 is 14.6 Å². The van der Waals surface area contributed by atoms with Crippen LogP contribution in [0.5, 0.6) is 11.5 Å². The van der Waals surface area contributed by atoms with Crippen molar-refractivity contribution in [2.45, 2.75) is 36.4 Å². The highest BCUT2D eigenvalue weighted by Crippen LogP contribution is 2.42. The molecule has 0 spiro atoms. The monoisotopic (exact) mass is 551 g/mol. The fraction of sp³-hybridized carbons (Fsp3) is 0.381. The fourth-order valence-electron chi connectivity index (χ4n) is 3.81. The summed E-state index contributed by atoms with van der Waals surface area (Å²) in [6.07, 6.45) is -3.21. The van der Waals surface area contributed by atoms with Crippen molar-refractivity contribution in [1.29, 1.82) is 0 Å². The van der Waals surface area contributed by atoms with E-state index in [1.807, 2.05) is 0 Å². The highest BCUT2D eigenvalue weighted by Gasteiger charge is 2.37. The van der Waals surface area contributed by atoms with E-state index in [4.69, 9.17) is 14.6 Å². The molecule has 0 saturated carbocycles. The number of rotatable bonds is 7. The van der Waals surface area contributed by atoms with Gasteiger partial charge in [-0.3, -0.25) is 0 Å². The summed E-state index contributed by atoms with van der Waals surface area (Å²) in [6, 6.07) is 5.00. The third-order valence-corrected chi connectivity index (χ3v) is 7.68. The van der Waals surface area contributed by atoms with Gasteiger partial charge in [-0.2, -0.15) is 17.5 Å². The van der Waals surface area contributed by atoms with E-state index in [1.165, 1.54) is 7.05 Å². The summed E-state index contributed by atoms with van der Waals surface area (Å²) in [5.41, 5.74) is 0.130. The number of carboxylic acid groups (broad SMARTS) is 1. The number of hydrogen-bond donors (Lipinski definition) is 1. The molecule has 0 radical (unpaired) electrons. The number of ether oxygens (including phenoxy) is 2. The van der Waals surface area contributed by atoms with Gasteiger partial charge in [0.05, 0.1) is 23.6 Å². The normalized spacial score (nSPS) is 16.4. The van der Waals surface area contributed by atoms with Gasteiger partial charge in [-0.15, -0.1) is 0 Å². The lowest BCUT2D eigenvalue weighted by Crippen LogP contribution is -2.33. The van der Waals surface area contributed by atoms with Crippen molar-refractivity contribution < 1.29 is 41.0 Å². The zero-order valence-corrected chi connectivity index (χ0v) is 20.1. The van der Waals surface area contributed by atoms with Crippen LogP contribution < -0.4 is 9.47 Å². The Morgan fingerprint density at radius 2 is 1.94 bits per heavy atom. The van der Waals surface area contributed by atoms with Gasteiger partial charge in [0.2, 0.25) is 10.0 Å². The zero-order chi connectivity index (χ0) is 24.6. The van der Waals surface area contributed by atoms with E-state index in [9.17, 15) is 26.4 Å². The van der Waals surface area contributed by atoms with Crippen LogP contribution in [0.4, 0.5) is 13.2 Å². The van der Waals surface area contributed by atoms with Gasteiger partial charge in [0.15, 0.2) is 6.61 Å². The molecule has 0 fully saturated rings. The van der Waals surface area contributed by atoms with Gasteiger partial charge in [-0.05, 0) is 54.7 Å². The van der Waals surface area contributed by atoms with E-state index in [-0.39, 0.29) is 5.75 Å². The average Bonchev–Trinajstić information content (AvgIpc) is 2.75. The molecule has 2 aromatic carbocycles. The molecule has 33 heavy (non-hydrogen) atoms. The summed E-state index contributed by atoms with van der Waals surface area (Å²) in [7, 11) is -1.88. The Morgan fingerprint density at radius 3 is 2.55 bits per heavy atom. The first-order chi connectivity index (χ1) is 15.3. The molecule has 2 aromatic rings. The molecule has 1 N–H and O–H groups in total. The molecule has 1 unspecified atom stereocenters. The highest BCUT2D eigenvalue weighted by molar-refractivity contribution is 9.10. The predicted octanol–water partition coefficient (Wildman–Crippen LogP) is 4.64. The summed E-state index contributed by atoms with van der Waals surface area (Å²) in [5, 5.41) is 8.93. The first kappa shape index (κ1) is 25.3. The molecule has 0 heterocycles. The maximum atomic E-state index is 13.4. The first-order valence-corrected chi connectivity index (χ1v) is 12.0. The number of benzene rings is 2. The number of sulfonamides is 1. The summed E-state index contributed by atoms with van der Waals surface area (Å²) < 4.78 is 78.5. The Balaban J connectivity index is 2.05. The van der Waals surface area contributed by atoms with Gasteiger partial charge in [-0.25, -0.2) is 13.2 Å². The Labute approximate surface area is 197 Å². The summed E-state index contributed by atoms with van der Waals surface area (Å²) in [6.45, 7) is -0.564. The van der Waals surface area contributed by atoms with Crippen molar-refractivity contribution in [3.63, 3.8) is 0 Å². The second-order valence-electron chi connectivity index (χ2n) is 7.48. The molecule has 0 aromatic heterocycles. The number of methoxy groups -OCH3 is 1. The molecular weight excluding hydrogens is 531 g/mol. The standard InChI is InChI=1S/C21H21BrF3NO6S/c1-26(33(29,30)15-7-12(21(23,24)25)6-14(10-15)31-2)18-5-3-4-16-17(18)8-13(22)9-19(16)32-11-20(27)28/h6-10,18H,3-5,11H2,1-2H3,(H,27,28). The van der Waals surface area contributed by atoms with Crippen LogP contribution in [0, 0.1) is 0 Å². The quantitative estimate of drug-likeness (QED) is 0.539. The van der Waals surface area contributed by atoms with E-state index in [0.29, 0.717) is 46.7 Å². The lowest BCUT2D eigenvalue weighted by Gasteiger charge is -2.33. The third-order valence-electron chi connectivity index (χ3n) is 5.38. The maximum absolute atomic E-state index is 13.4. The Bertz CT molecular complexity index is 1170. The Hall–Kier alpha value is -2.31. The molecule has 1 aliphatic carbocycles. The molecule has 3 rings (SSSR count). The van der Waals surface area contributed by atoms with E-state index in [1.54, 1.807) is 12.1 Å². The van der Waals surface area contributed by atoms with Crippen molar-refractivity contribution in [2.24, 2.45) is 0 Å². The van der Waals surface area contributed by atoms with Crippen molar-refractivity contribution in [1.82, 2.24) is 4.31 Å². The second-order valence-corrected chi connectivity index (χ2v) is 10.4. The molecule has 12 heteroatoms. The second kappa shape index (κ2) is 9.51. The van der Waals surface area contributed by atoms with Crippen LogP contribution in [0.25, 0.3) is 0 Å². The van der Waals surface area contributed by atoms with Crippen molar-refractivity contribution in [3.05, 3.63) is 51.5 Å². The van der Waals surface area contributed by atoms with Crippen LogP contribution in [0.2, 0.25) is 0 Å². The predicted molar refractivity (Wildman–Crippen MR) is 116 cm³/mol. The molecular formula is C21H21BrF3NO6S. The number of halogens is 4. The highest BCUT2D eigenvalue weighted by atomic mass is 79.9. The molecule has 1 aliphatic rings. The third kappa shape index (κ3) is 5.44. The number of fused-ring (bicyclic) bond motifs is 1. The van der Waals surface area contributed by atoms with Crippen LogP contribution in [0.15, 0.2) is 39.7 Å². The SMILES string of the molecule is COc1cc(C(F)(F)F)cc(S(=O)(=O)N(C)C2CCCc3c(OCC(=O)O)cc(Br)cc32)c1. The van der Waals surface area contributed by atoms with E-state index >= 15 is 0 Å². The number of hydrogen-bond acceptors (Lipinski definition) is 5. The molecule has 0 bridgehead atoms. The van der Waals surface area contributed by atoms with Crippen molar-refractivity contribution >= 4 is 31.9 Å². The summed E-state index contributed by atoms with van der Waals surface area (Å²) >= 11 is 3.33. The molecule has 180 valence electrons. The van der Waals surface area contributed by atoms with Crippen LogP contribution in [0.3, 0.4) is 0 Å². The van der Waals surface area contributed by atoms with Crippen LogP contribution >= 0.6 is 15.9 Å². The Morgan fingerprint density at radius 1 is 1.24 bits per heavy atom. The number of carbonyl (C=O) groups is 1. The van der Waals surface area contributed by atoms with Crippen molar-refractivity contribution in [3.8, 4) is 11.5 Å². The molecule has 0 saturated heterocycles. The van der Waals surface area contributed by atoms with E-state index < -0.39 is 45.3 Å². The number of carboxylic acids is 1. The number of nitrogens with zero attached hydrogens (tertiary/aromatic N) is 1. The number of aliphatic carboxylic acids is 1. The zero-order valence-electron chi connectivity index (χ0n) is 17.6. The summed E-state index contributed by atoms with van der Waals surface area (Å²) in [4.78, 5) is 10.4. The van der Waals surface area contributed by atoms with E-state index in [2.05, 4.69) is 15.9 Å². The van der Waals surface area contributed by atoms with Crippen LogP contribution in [0.1, 0.15) is 35.6 Å². The maximum Gasteiger partial charge on any atom is 0.416 e. The topological polar surface area (TPSA) is 93.1 Å². The molecule has 1 atom stereocenters. The van der Waals surface area contributed by atoms with Crippen LogP contribution in [-0.4, -0.2) is 44.6 Å². The fourth-order valence-corrected chi connectivity index (χ4v) is 5.69. The minimum absolute atomic E-state index is 0.229. The molecule has 0 aliphatic heterocycles. The number of alkyl halides is 3.